The van der Waals surface area contributed by atoms with Crippen molar-refractivity contribution in [2.24, 2.45) is 5.92 Å². The van der Waals surface area contributed by atoms with Crippen LogP contribution in [0.25, 0.3) is 0 Å². The lowest BCUT2D eigenvalue weighted by atomic mass is 9.74. The van der Waals surface area contributed by atoms with Gasteiger partial charge in [0.05, 0.1) is 5.41 Å². The zero-order valence-electron chi connectivity index (χ0n) is 12.6. The predicted molar refractivity (Wildman–Crippen MR) is 83.1 cm³/mol. The topological polar surface area (TPSA) is 48.2 Å². The minimum Gasteiger partial charge on any atom is -0.424 e. The van der Waals surface area contributed by atoms with E-state index in [0.717, 1.165) is 36.1 Å². The smallest absolute Gasteiger partial charge is 0.227 e. The molecule has 2 unspecified atom stereocenters. The highest BCUT2D eigenvalue weighted by molar-refractivity contribution is 6.30. The second-order valence-electron chi connectivity index (χ2n) is 6.47. The average Bonchev–Trinajstić information content (AvgIpc) is 3.08. The number of ether oxygens (including phenoxy) is 1. The van der Waals surface area contributed by atoms with Crippen LogP contribution in [0.2, 0.25) is 5.02 Å². The molecule has 22 heavy (non-hydrogen) atoms. The van der Waals surface area contributed by atoms with Crippen molar-refractivity contribution in [3.8, 4) is 0 Å². The van der Waals surface area contributed by atoms with Crippen LogP contribution >= 0.6 is 11.6 Å². The standard InChI is InChI=1S/C17H19ClN2O2/c1-11-10-14(11)15-19-20-16(22-15)17(6-8-21-9-7-17)12-2-4-13(18)5-3-12/h2-5,11,14H,6-10H2,1H3. The number of halogens is 1. The summed E-state index contributed by atoms with van der Waals surface area (Å²) in [6.07, 6.45) is 2.87. The lowest BCUT2D eigenvalue weighted by molar-refractivity contribution is 0.0540. The Hall–Kier alpha value is -1.39. The Morgan fingerprint density at radius 2 is 1.82 bits per heavy atom. The van der Waals surface area contributed by atoms with Crippen molar-refractivity contribution < 1.29 is 9.15 Å². The first-order valence-corrected chi connectivity index (χ1v) is 8.24. The van der Waals surface area contributed by atoms with Gasteiger partial charge in [0.15, 0.2) is 0 Å². The van der Waals surface area contributed by atoms with E-state index in [9.17, 15) is 0 Å². The lowest BCUT2D eigenvalue weighted by Crippen LogP contribution is -2.35. The average molecular weight is 319 g/mol. The van der Waals surface area contributed by atoms with Crippen LogP contribution in [0.1, 0.15) is 49.4 Å². The van der Waals surface area contributed by atoms with Gasteiger partial charge in [0.25, 0.3) is 0 Å². The zero-order chi connectivity index (χ0) is 15.2. The fraction of sp³-hybridized carbons (Fsp3) is 0.529. The molecule has 2 heterocycles. The van der Waals surface area contributed by atoms with Crippen molar-refractivity contribution in [3.05, 3.63) is 46.6 Å². The maximum Gasteiger partial charge on any atom is 0.227 e. The molecule has 1 aliphatic carbocycles. The number of rotatable bonds is 3. The molecule has 0 radical (unpaired) electrons. The Morgan fingerprint density at radius 3 is 2.45 bits per heavy atom. The third-order valence-corrected chi connectivity index (χ3v) is 5.27. The molecule has 1 saturated carbocycles. The molecule has 1 aromatic carbocycles. The minimum atomic E-state index is -0.244. The fourth-order valence-electron chi connectivity index (χ4n) is 3.36. The zero-order valence-corrected chi connectivity index (χ0v) is 13.3. The van der Waals surface area contributed by atoms with Crippen molar-refractivity contribution in [3.63, 3.8) is 0 Å². The van der Waals surface area contributed by atoms with Gasteiger partial charge in [-0.05, 0) is 42.9 Å². The molecule has 2 atom stereocenters. The van der Waals surface area contributed by atoms with Gasteiger partial charge in [0.2, 0.25) is 11.8 Å². The molecule has 0 bridgehead atoms. The Labute approximate surface area is 134 Å². The van der Waals surface area contributed by atoms with Crippen molar-refractivity contribution in [1.29, 1.82) is 0 Å². The number of benzene rings is 1. The third-order valence-electron chi connectivity index (χ3n) is 5.02. The van der Waals surface area contributed by atoms with Crippen molar-refractivity contribution in [1.82, 2.24) is 10.2 Å². The predicted octanol–water partition coefficient (Wildman–Crippen LogP) is 3.94. The molecule has 4 rings (SSSR count). The summed E-state index contributed by atoms with van der Waals surface area (Å²) in [5.41, 5.74) is 0.936. The van der Waals surface area contributed by atoms with Crippen LogP contribution < -0.4 is 0 Å². The number of hydrogen-bond acceptors (Lipinski definition) is 4. The van der Waals surface area contributed by atoms with Crippen molar-refractivity contribution >= 4 is 11.6 Å². The molecule has 5 heteroatoms. The summed E-state index contributed by atoms with van der Waals surface area (Å²) in [5.74, 6) is 2.63. The first-order chi connectivity index (χ1) is 10.7. The molecule has 0 amide bonds. The quantitative estimate of drug-likeness (QED) is 0.860. The molecule has 2 fully saturated rings. The van der Waals surface area contributed by atoms with Crippen LogP contribution in [0.3, 0.4) is 0 Å². The van der Waals surface area contributed by atoms with Gasteiger partial charge in [-0.15, -0.1) is 10.2 Å². The van der Waals surface area contributed by atoms with Gasteiger partial charge in [-0.1, -0.05) is 30.7 Å². The molecule has 2 aliphatic rings. The van der Waals surface area contributed by atoms with Gasteiger partial charge in [0.1, 0.15) is 0 Å². The molecule has 2 aromatic rings. The van der Waals surface area contributed by atoms with Crippen LogP contribution in [0.5, 0.6) is 0 Å². The van der Waals surface area contributed by atoms with E-state index < -0.39 is 0 Å². The Kier molecular flexibility index (Phi) is 3.46. The van der Waals surface area contributed by atoms with Crippen LogP contribution in [0.4, 0.5) is 0 Å². The van der Waals surface area contributed by atoms with E-state index in [1.54, 1.807) is 0 Å². The molecule has 116 valence electrons. The molecular weight excluding hydrogens is 300 g/mol. The van der Waals surface area contributed by atoms with Gasteiger partial charge in [0, 0.05) is 24.2 Å². The van der Waals surface area contributed by atoms with E-state index in [4.69, 9.17) is 20.8 Å². The van der Waals surface area contributed by atoms with Gasteiger partial charge >= 0.3 is 0 Å². The van der Waals surface area contributed by atoms with Crippen LogP contribution in [0.15, 0.2) is 28.7 Å². The Morgan fingerprint density at radius 1 is 1.14 bits per heavy atom. The summed E-state index contributed by atoms with van der Waals surface area (Å²) < 4.78 is 11.7. The van der Waals surface area contributed by atoms with E-state index in [0.29, 0.717) is 25.0 Å². The van der Waals surface area contributed by atoms with Gasteiger partial charge < -0.3 is 9.15 Å². The first kappa shape index (κ1) is 14.2. The maximum absolute atomic E-state index is 6.09. The summed E-state index contributed by atoms with van der Waals surface area (Å²) in [6.45, 7) is 3.64. The fourth-order valence-corrected chi connectivity index (χ4v) is 3.48. The summed E-state index contributed by atoms with van der Waals surface area (Å²) in [5, 5.41) is 9.45. The number of nitrogens with zero attached hydrogens (tertiary/aromatic N) is 2. The van der Waals surface area contributed by atoms with Crippen LogP contribution in [-0.4, -0.2) is 23.4 Å². The molecule has 1 aliphatic heterocycles. The second kappa shape index (κ2) is 5.36. The van der Waals surface area contributed by atoms with E-state index >= 15 is 0 Å². The highest BCUT2D eigenvalue weighted by atomic mass is 35.5. The van der Waals surface area contributed by atoms with E-state index in [-0.39, 0.29) is 5.41 Å². The first-order valence-electron chi connectivity index (χ1n) is 7.87. The van der Waals surface area contributed by atoms with Crippen molar-refractivity contribution in [2.75, 3.05) is 13.2 Å². The minimum absolute atomic E-state index is 0.244. The third kappa shape index (κ3) is 2.34. The van der Waals surface area contributed by atoms with E-state index in [1.807, 2.05) is 12.1 Å². The molecular formula is C17H19ClN2O2. The Balaban J connectivity index is 1.74. The normalized spacial score (nSPS) is 26.8. The van der Waals surface area contributed by atoms with E-state index in [2.05, 4.69) is 29.3 Å². The van der Waals surface area contributed by atoms with Gasteiger partial charge in [-0.2, -0.15) is 0 Å². The summed E-state index contributed by atoms with van der Waals surface area (Å²) in [6, 6.07) is 7.98. The largest absolute Gasteiger partial charge is 0.424 e. The number of aromatic nitrogens is 2. The highest BCUT2D eigenvalue weighted by Gasteiger charge is 2.44. The molecule has 4 nitrogen and oxygen atoms in total. The highest BCUT2D eigenvalue weighted by Crippen LogP contribution is 2.48. The summed E-state index contributed by atoms with van der Waals surface area (Å²) in [4.78, 5) is 0. The molecule has 0 spiro atoms. The monoisotopic (exact) mass is 318 g/mol. The maximum atomic E-state index is 6.09. The van der Waals surface area contributed by atoms with Gasteiger partial charge in [-0.25, -0.2) is 0 Å². The lowest BCUT2D eigenvalue weighted by Gasteiger charge is -2.34. The van der Waals surface area contributed by atoms with Crippen LogP contribution in [-0.2, 0) is 10.2 Å². The molecule has 1 saturated heterocycles. The summed E-state index contributed by atoms with van der Waals surface area (Å²) >= 11 is 6.04. The summed E-state index contributed by atoms with van der Waals surface area (Å²) in [7, 11) is 0. The van der Waals surface area contributed by atoms with Crippen molar-refractivity contribution in [2.45, 2.75) is 37.5 Å². The second-order valence-corrected chi connectivity index (χ2v) is 6.90. The van der Waals surface area contributed by atoms with Gasteiger partial charge in [-0.3, -0.25) is 0 Å². The van der Waals surface area contributed by atoms with Crippen LogP contribution in [0, 0.1) is 5.92 Å². The van der Waals surface area contributed by atoms with E-state index in [1.165, 1.54) is 5.56 Å². The Bertz CT molecular complexity index is 662. The molecule has 0 N–H and O–H groups in total. The molecule has 1 aromatic heterocycles. The number of hydrogen-bond donors (Lipinski definition) is 0. The SMILES string of the molecule is CC1CC1c1nnc(C2(c3ccc(Cl)cc3)CCOCC2)o1.